The molecule has 0 amide bonds. The highest BCUT2D eigenvalue weighted by atomic mass is 32.1. The molecular formula is C15H24O2S. The van der Waals surface area contributed by atoms with E-state index < -0.39 is 0 Å². The molecule has 0 aromatic heterocycles. The predicted octanol–water partition coefficient (Wildman–Crippen LogP) is 3.89. The van der Waals surface area contributed by atoms with Gasteiger partial charge in [-0.1, -0.05) is 34.6 Å². The van der Waals surface area contributed by atoms with Gasteiger partial charge in [-0.25, -0.2) is 0 Å². The van der Waals surface area contributed by atoms with Crippen molar-refractivity contribution in [3.05, 3.63) is 23.3 Å². The topological polar surface area (TPSA) is 40.5 Å². The summed E-state index contributed by atoms with van der Waals surface area (Å²) in [5, 5.41) is 19.1. The van der Waals surface area contributed by atoms with E-state index in [-0.39, 0.29) is 23.2 Å². The molecule has 0 saturated heterocycles. The lowest BCUT2D eigenvalue weighted by Gasteiger charge is -2.33. The summed E-state index contributed by atoms with van der Waals surface area (Å²) in [4.78, 5) is 0.526. The van der Waals surface area contributed by atoms with Crippen LogP contribution in [0.5, 0.6) is 5.75 Å². The first-order valence-corrected chi connectivity index (χ1v) is 6.68. The van der Waals surface area contributed by atoms with Crippen molar-refractivity contribution in [3.63, 3.8) is 0 Å². The fraction of sp³-hybridized carbons (Fsp3) is 0.600. The van der Waals surface area contributed by atoms with Gasteiger partial charge in [0.25, 0.3) is 0 Å². The first-order valence-electron chi connectivity index (χ1n) is 6.23. The van der Waals surface area contributed by atoms with Crippen LogP contribution >= 0.6 is 12.6 Å². The zero-order valence-electron chi connectivity index (χ0n) is 11.9. The largest absolute Gasteiger partial charge is 0.506 e. The molecule has 1 rings (SSSR count). The van der Waals surface area contributed by atoms with E-state index in [2.05, 4.69) is 47.2 Å². The average Bonchev–Trinajstić information content (AvgIpc) is 2.18. The Morgan fingerprint density at radius 3 is 2.11 bits per heavy atom. The average molecular weight is 268 g/mol. The monoisotopic (exact) mass is 268 g/mol. The molecule has 0 unspecified atom stereocenters. The molecule has 0 aliphatic heterocycles. The van der Waals surface area contributed by atoms with Crippen molar-refractivity contribution in [2.75, 3.05) is 0 Å². The molecular weight excluding hydrogens is 244 g/mol. The highest BCUT2D eigenvalue weighted by Crippen LogP contribution is 2.39. The predicted molar refractivity (Wildman–Crippen MR) is 78.4 cm³/mol. The third-order valence-electron chi connectivity index (χ3n) is 3.09. The van der Waals surface area contributed by atoms with E-state index in [9.17, 15) is 10.2 Å². The van der Waals surface area contributed by atoms with Crippen LogP contribution in [-0.2, 0) is 12.0 Å². The lowest BCUT2D eigenvalue weighted by molar-refractivity contribution is 0.270. The van der Waals surface area contributed by atoms with E-state index in [1.807, 2.05) is 12.1 Å². The lowest BCUT2D eigenvalue weighted by atomic mass is 9.72. The molecule has 0 aliphatic carbocycles. The van der Waals surface area contributed by atoms with Crippen molar-refractivity contribution in [1.82, 2.24) is 0 Å². The maximum Gasteiger partial charge on any atom is 0.134 e. The Hall–Kier alpha value is -0.670. The summed E-state index contributed by atoms with van der Waals surface area (Å²) in [5.74, 6) is 0.0798. The number of phenols is 1. The lowest BCUT2D eigenvalue weighted by Crippen LogP contribution is -2.25. The molecule has 0 heterocycles. The van der Waals surface area contributed by atoms with Gasteiger partial charge < -0.3 is 10.2 Å². The normalized spacial score (nSPS) is 12.8. The molecule has 0 fully saturated rings. The first kappa shape index (κ1) is 15.4. The van der Waals surface area contributed by atoms with Crippen LogP contribution in [0.25, 0.3) is 0 Å². The number of hydrogen-bond donors (Lipinski definition) is 3. The molecule has 2 nitrogen and oxygen atoms in total. The van der Waals surface area contributed by atoms with E-state index in [4.69, 9.17) is 0 Å². The number of aliphatic hydroxyl groups excluding tert-OH is 1. The van der Waals surface area contributed by atoms with Crippen LogP contribution in [0.3, 0.4) is 0 Å². The van der Waals surface area contributed by atoms with Gasteiger partial charge in [-0.05, 0) is 34.9 Å². The van der Waals surface area contributed by atoms with Crippen molar-refractivity contribution in [3.8, 4) is 5.75 Å². The van der Waals surface area contributed by atoms with Gasteiger partial charge in [0.15, 0.2) is 0 Å². The number of aliphatic hydroxyl groups is 1. The molecule has 0 atom stereocenters. The Labute approximate surface area is 115 Å². The molecule has 0 aliphatic rings. The molecule has 0 saturated carbocycles. The quantitative estimate of drug-likeness (QED) is 0.728. The molecule has 0 spiro atoms. The number of benzene rings is 1. The zero-order chi connectivity index (χ0) is 14.1. The SMILES string of the molecule is CC(C)(C)CC(C)(C)c1cc(S)c(O)c(CO)c1. The molecule has 3 heteroatoms. The second-order valence-corrected chi connectivity index (χ2v) is 7.26. The van der Waals surface area contributed by atoms with E-state index in [1.54, 1.807) is 0 Å². The third-order valence-corrected chi connectivity index (χ3v) is 3.43. The fourth-order valence-corrected chi connectivity index (χ4v) is 2.90. The standard InChI is InChI=1S/C15H24O2S/c1-14(2,3)9-15(4,5)11-6-10(8-16)13(17)12(18)7-11/h6-7,16-18H,8-9H2,1-5H3. The molecule has 1 aromatic rings. The van der Waals surface area contributed by atoms with Crippen molar-refractivity contribution in [1.29, 1.82) is 0 Å². The van der Waals surface area contributed by atoms with Crippen molar-refractivity contribution >= 4 is 12.6 Å². The maximum atomic E-state index is 9.78. The Morgan fingerprint density at radius 2 is 1.67 bits per heavy atom. The van der Waals surface area contributed by atoms with Crippen LogP contribution < -0.4 is 0 Å². The van der Waals surface area contributed by atoms with E-state index in [1.165, 1.54) is 0 Å². The summed E-state index contributed by atoms with van der Waals surface area (Å²) in [6, 6.07) is 3.77. The molecule has 0 radical (unpaired) electrons. The van der Waals surface area contributed by atoms with Crippen LogP contribution in [0.1, 0.15) is 52.2 Å². The number of thiol groups is 1. The minimum atomic E-state index is -0.168. The van der Waals surface area contributed by atoms with Crippen LogP contribution in [0.4, 0.5) is 0 Å². The number of rotatable bonds is 3. The van der Waals surface area contributed by atoms with Crippen LogP contribution in [0.15, 0.2) is 17.0 Å². The first-order chi connectivity index (χ1) is 8.07. The summed E-state index contributed by atoms with van der Waals surface area (Å²) < 4.78 is 0. The van der Waals surface area contributed by atoms with Crippen LogP contribution in [0.2, 0.25) is 0 Å². The highest BCUT2D eigenvalue weighted by Gasteiger charge is 2.28. The number of hydrogen-bond acceptors (Lipinski definition) is 3. The molecule has 2 N–H and O–H groups in total. The van der Waals surface area contributed by atoms with Crippen LogP contribution in [0, 0.1) is 5.41 Å². The van der Waals surface area contributed by atoms with Gasteiger partial charge in [0.2, 0.25) is 0 Å². The zero-order valence-corrected chi connectivity index (χ0v) is 12.8. The Kier molecular flexibility index (Phi) is 4.39. The molecule has 18 heavy (non-hydrogen) atoms. The van der Waals surface area contributed by atoms with Crippen molar-refractivity contribution < 1.29 is 10.2 Å². The summed E-state index contributed by atoms with van der Waals surface area (Å²) in [5.41, 5.74) is 1.84. The summed E-state index contributed by atoms with van der Waals surface area (Å²) in [6.07, 6.45) is 1.02. The van der Waals surface area contributed by atoms with Gasteiger partial charge in [0, 0.05) is 10.5 Å². The van der Waals surface area contributed by atoms with E-state index in [0.717, 1.165) is 12.0 Å². The summed E-state index contributed by atoms with van der Waals surface area (Å²) in [6.45, 7) is 10.8. The molecule has 1 aromatic carbocycles. The summed E-state index contributed by atoms with van der Waals surface area (Å²) in [7, 11) is 0. The van der Waals surface area contributed by atoms with Crippen molar-refractivity contribution in [2.24, 2.45) is 5.41 Å². The van der Waals surface area contributed by atoms with Gasteiger partial charge in [-0.15, -0.1) is 12.6 Å². The molecule has 0 bridgehead atoms. The number of aromatic hydroxyl groups is 1. The Bertz CT molecular complexity index is 431. The smallest absolute Gasteiger partial charge is 0.134 e. The van der Waals surface area contributed by atoms with Gasteiger partial charge in [-0.3, -0.25) is 0 Å². The van der Waals surface area contributed by atoms with Gasteiger partial charge >= 0.3 is 0 Å². The second-order valence-electron chi connectivity index (χ2n) is 6.78. The van der Waals surface area contributed by atoms with Crippen LogP contribution in [-0.4, -0.2) is 10.2 Å². The minimum Gasteiger partial charge on any atom is -0.506 e. The van der Waals surface area contributed by atoms with E-state index in [0.29, 0.717) is 10.5 Å². The second kappa shape index (κ2) is 5.14. The summed E-state index contributed by atoms with van der Waals surface area (Å²) >= 11 is 4.27. The van der Waals surface area contributed by atoms with Gasteiger partial charge in [-0.2, -0.15) is 0 Å². The van der Waals surface area contributed by atoms with Gasteiger partial charge in [0.05, 0.1) is 6.61 Å². The fourth-order valence-electron chi connectivity index (χ4n) is 2.62. The van der Waals surface area contributed by atoms with E-state index >= 15 is 0 Å². The van der Waals surface area contributed by atoms with Crippen molar-refractivity contribution in [2.45, 2.75) is 58.0 Å². The third kappa shape index (κ3) is 3.66. The van der Waals surface area contributed by atoms with Gasteiger partial charge in [0.1, 0.15) is 5.75 Å². The maximum absolute atomic E-state index is 9.78. The highest BCUT2D eigenvalue weighted by molar-refractivity contribution is 7.80. The minimum absolute atomic E-state index is 0.0205. The Balaban J connectivity index is 3.20. The molecule has 102 valence electrons. The Morgan fingerprint density at radius 1 is 1.11 bits per heavy atom.